The molecule has 2 heteroatoms. The van der Waals surface area contributed by atoms with Crippen molar-refractivity contribution in [2.75, 3.05) is 0 Å². The van der Waals surface area contributed by atoms with Crippen LogP contribution in [0, 0.1) is 44.3 Å². The molecule has 0 N–H and O–H groups in total. The zero-order chi connectivity index (χ0) is 24.3. The lowest BCUT2D eigenvalue weighted by molar-refractivity contribution is -0.160. The Labute approximate surface area is 193 Å². The van der Waals surface area contributed by atoms with Crippen molar-refractivity contribution < 1.29 is 9.47 Å². The third kappa shape index (κ3) is 2.00. The van der Waals surface area contributed by atoms with Gasteiger partial charge in [0, 0.05) is 10.8 Å². The number of fused-ring (bicyclic) bond motifs is 2. The summed E-state index contributed by atoms with van der Waals surface area (Å²) in [5, 5.41) is 0. The van der Waals surface area contributed by atoms with Gasteiger partial charge in [-0.1, -0.05) is 83.1 Å². The third-order valence-electron chi connectivity index (χ3n) is 14.6. The fourth-order valence-corrected chi connectivity index (χ4v) is 9.69. The van der Waals surface area contributed by atoms with Gasteiger partial charge in [0.05, 0.1) is 0 Å². The zero-order valence-electron chi connectivity index (χ0n) is 23.7. The van der Waals surface area contributed by atoms with E-state index in [0.29, 0.717) is 11.8 Å². The van der Waals surface area contributed by atoms with Crippen LogP contribution in [0.1, 0.15) is 117 Å². The molecule has 6 unspecified atom stereocenters. The molecule has 0 aromatic heterocycles. The highest BCUT2D eigenvalue weighted by Crippen LogP contribution is 2.82. The minimum Gasteiger partial charge on any atom is -0.362 e. The second-order valence-electron chi connectivity index (χ2n) is 15.8. The fraction of sp³-hybridized carbons (Fsp3) is 1.00. The molecule has 2 saturated carbocycles. The maximum absolute atomic E-state index is 6.72. The van der Waals surface area contributed by atoms with Gasteiger partial charge >= 0.3 is 0 Å². The van der Waals surface area contributed by atoms with Crippen molar-refractivity contribution in [1.82, 2.24) is 0 Å². The van der Waals surface area contributed by atoms with E-state index in [2.05, 4.69) is 111 Å². The van der Waals surface area contributed by atoms with E-state index in [0.717, 1.165) is 0 Å². The molecule has 2 saturated heterocycles. The maximum atomic E-state index is 6.72. The van der Waals surface area contributed by atoms with E-state index in [-0.39, 0.29) is 54.9 Å². The highest BCUT2D eigenvalue weighted by Gasteiger charge is 2.86. The van der Waals surface area contributed by atoms with E-state index in [9.17, 15) is 0 Å². The molecular formula is C29H52O2. The van der Waals surface area contributed by atoms with E-state index in [4.69, 9.17) is 9.47 Å². The molecule has 180 valence electrons. The van der Waals surface area contributed by atoms with Crippen LogP contribution in [0.2, 0.25) is 0 Å². The Morgan fingerprint density at radius 2 is 0.645 bits per heavy atom. The molecule has 0 bridgehead atoms. The van der Waals surface area contributed by atoms with Crippen LogP contribution in [-0.2, 0) is 9.47 Å². The highest BCUT2D eigenvalue weighted by atomic mass is 16.6. The Hall–Kier alpha value is -0.0800. The van der Waals surface area contributed by atoms with Crippen LogP contribution < -0.4 is 0 Å². The van der Waals surface area contributed by atoms with Crippen molar-refractivity contribution in [2.24, 2.45) is 44.3 Å². The predicted molar refractivity (Wildman–Crippen MR) is 130 cm³/mol. The van der Waals surface area contributed by atoms with Gasteiger partial charge in [-0.05, 0) is 67.6 Å². The average Bonchev–Trinajstić information content (AvgIpc) is 3.38. The SMILES string of the molecule is CC1(C)C(CC2C(C)(C)C(C)(C)C3(C)OC3(C)C2(C)C)C(C)(C)C2(C)OC2(C)C1(C)C. The van der Waals surface area contributed by atoms with Crippen LogP contribution in [0.5, 0.6) is 0 Å². The second-order valence-corrected chi connectivity index (χ2v) is 15.8. The first-order valence-corrected chi connectivity index (χ1v) is 12.8. The van der Waals surface area contributed by atoms with Crippen LogP contribution in [0.25, 0.3) is 0 Å². The van der Waals surface area contributed by atoms with Gasteiger partial charge in [0.2, 0.25) is 0 Å². The smallest absolute Gasteiger partial charge is 0.101 e. The molecular weight excluding hydrogens is 380 g/mol. The summed E-state index contributed by atoms with van der Waals surface area (Å²) in [7, 11) is 0. The lowest BCUT2D eigenvalue weighted by atomic mass is 9.36. The molecule has 2 aliphatic heterocycles. The van der Waals surface area contributed by atoms with Crippen LogP contribution in [0.4, 0.5) is 0 Å². The number of hydrogen-bond donors (Lipinski definition) is 0. The first kappa shape index (κ1) is 24.1. The van der Waals surface area contributed by atoms with Crippen molar-refractivity contribution in [2.45, 2.75) is 140 Å². The first-order valence-electron chi connectivity index (χ1n) is 12.8. The van der Waals surface area contributed by atoms with Gasteiger partial charge in [-0.15, -0.1) is 0 Å². The van der Waals surface area contributed by atoms with Crippen LogP contribution in [0.15, 0.2) is 0 Å². The minimum absolute atomic E-state index is 0.0650. The van der Waals surface area contributed by atoms with E-state index in [1.165, 1.54) is 6.42 Å². The largest absolute Gasteiger partial charge is 0.362 e. The quantitative estimate of drug-likeness (QED) is 0.414. The molecule has 2 nitrogen and oxygen atoms in total. The van der Waals surface area contributed by atoms with E-state index >= 15 is 0 Å². The summed E-state index contributed by atoms with van der Waals surface area (Å²) in [5.74, 6) is 1.11. The van der Waals surface area contributed by atoms with Crippen LogP contribution >= 0.6 is 0 Å². The number of hydrogen-bond acceptors (Lipinski definition) is 2. The van der Waals surface area contributed by atoms with Crippen molar-refractivity contribution in [3.8, 4) is 0 Å². The Morgan fingerprint density at radius 1 is 0.387 bits per heavy atom. The second kappa shape index (κ2) is 5.27. The van der Waals surface area contributed by atoms with Gasteiger partial charge in [-0.2, -0.15) is 0 Å². The number of rotatable bonds is 2. The summed E-state index contributed by atoms with van der Waals surface area (Å²) in [6.45, 7) is 39.4. The van der Waals surface area contributed by atoms with Crippen molar-refractivity contribution in [3.05, 3.63) is 0 Å². The van der Waals surface area contributed by atoms with Gasteiger partial charge in [0.1, 0.15) is 22.4 Å². The lowest BCUT2D eigenvalue weighted by Crippen LogP contribution is -2.66. The topological polar surface area (TPSA) is 25.1 Å². The van der Waals surface area contributed by atoms with Crippen LogP contribution in [0.3, 0.4) is 0 Å². The summed E-state index contributed by atoms with van der Waals surface area (Å²) in [6.07, 6.45) is 1.22. The molecule has 0 spiro atoms. The predicted octanol–water partition coefficient (Wildman–Crippen LogP) is 7.89. The molecule has 4 fully saturated rings. The molecule has 0 amide bonds. The summed E-state index contributed by atoms with van der Waals surface area (Å²) in [5.41, 5.74) is 0.436. The van der Waals surface area contributed by atoms with E-state index in [1.54, 1.807) is 0 Å². The van der Waals surface area contributed by atoms with E-state index in [1.807, 2.05) is 0 Å². The molecule has 0 aromatic rings. The molecule has 31 heavy (non-hydrogen) atoms. The van der Waals surface area contributed by atoms with Crippen molar-refractivity contribution in [3.63, 3.8) is 0 Å². The third-order valence-corrected chi connectivity index (χ3v) is 14.6. The molecule has 0 aromatic carbocycles. The molecule has 4 rings (SSSR count). The lowest BCUT2D eigenvalue weighted by Gasteiger charge is -2.65. The van der Waals surface area contributed by atoms with Gasteiger partial charge < -0.3 is 9.47 Å². The summed E-state index contributed by atoms with van der Waals surface area (Å²) in [6, 6.07) is 0. The maximum Gasteiger partial charge on any atom is 0.101 e. The van der Waals surface area contributed by atoms with Gasteiger partial charge in [-0.25, -0.2) is 0 Å². The fourth-order valence-electron chi connectivity index (χ4n) is 9.69. The van der Waals surface area contributed by atoms with Crippen molar-refractivity contribution in [1.29, 1.82) is 0 Å². The van der Waals surface area contributed by atoms with E-state index < -0.39 is 0 Å². The van der Waals surface area contributed by atoms with Gasteiger partial charge in [-0.3, -0.25) is 0 Å². The monoisotopic (exact) mass is 432 g/mol. The molecule has 6 atom stereocenters. The summed E-state index contributed by atoms with van der Waals surface area (Å²) in [4.78, 5) is 0. The standard InChI is InChI=1S/C29H52O2/c1-20(2)18(22(5,6)26(13)28(15,30-26)24(20,9)10)17-19-21(3,4)25(11,12)29(16)27(14,31-29)23(19,7)8/h18-19H,17H2,1-16H3. The normalized spacial score (nSPS) is 53.8. The van der Waals surface area contributed by atoms with Crippen LogP contribution in [-0.4, -0.2) is 22.4 Å². The minimum atomic E-state index is -0.0728. The Kier molecular flexibility index (Phi) is 4.09. The van der Waals surface area contributed by atoms with Crippen molar-refractivity contribution >= 4 is 0 Å². The Morgan fingerprint density at radius 3 is 0.903 bits per heavy atom. The molecule has 4 aliphatic rings. The molecule has 0 radical (unpaired) electrons. The summed E-state index contributed by atoms with van der Waals surface area (Å²) < 4.78 is 13.4. The number of epoxide rings is 2. The van der Waals surface area contributed by atoms with Gasteiger partial charge in [0.15, 0.2) is 0 Å². The average molecular weight is 433 g/mol. The first-order chi connectivity index (χ1) is 13.4. The van der Waals surface area contributed by atoms with Gasteiger partial charge in [0.25, 0.3) is 0 Å². The summed E-state index contributed by atoms with van der Waals surface area (Å²) >= 11 is 0. The number of ether oxygens (including phenoxy) is 2. The molecule has 2 heterocycles. The Balaban J connectivity index is 1.84. The zero-order valence-corrected chi connectivity index (χ0v) is 23.7. The molecule has 2 aliphatic carbocycles. The highest BCUT2D eigenvalue weighted by molar-refractivity contribution is 5.34. The Bertz CT molecular complexity index is 762.